The van der Waals surface area contributed by atoms with E-state index in [1.165, 1.54) is 11.5 Å². The molecule has 0 saturated carbocycles. The first-order chi connectivity index (χ1) is 17.2. The highest BCUT2D eigenvalue weighted by Crippen LogP contribution is 2.34. The van der Waals surface area contributed by atoms with Crippen molar-refractivity contribution in [2.24, 2.45) is 7.05 Å². The number of hydrogen-bond donors (Lipinski definition) is 2. The van der Waals surface area contributed by atoms with Gasteiger partial charge in [-0.2, -0.15) is 5.10 Å². The molecule has 2 aromatic carbocycles. The van der Waals surface area contributed by atoms with Gasteiger partial charge in [0.1, 0.15) is 0 Å². The van der Waals surface area contributed by atoms with E-state index in [2.05, 4.69) is 71.6 Å². The molecule has 170 valence electrons. The predicted molar refractivity (Wildman–Crippen MR) is 136 cm³/mol. The van der Waals surface area contributed by atoms with Crippen molar-refractivity contribution in [3.63, 3.8) is 0 Å². The molecule has 0 spiro atoms. The Morgan fingerprint density at radius 3 is 2.71 bits per heavy atom. The van der Waals surface area contributed by atoms with Gasteiger partial charge in [0.2, 0.25) is 0 Å². The highest BCUT2D eigenvalue weighted by Gasteiger charge is 2.18. The average molecular weight is 460 g/mol. The Morgan fingerprint density at radius 1 is 0.971 bits per heavy atom. The average Bonchev–Trinajstić information content (AvgIpc) is 3.28. The summed E-state index contributed by atoms with van der Waals surface area (Å²) in [6.45, 7) is 0. The summed E-state index contributed by atoms with van der Waals surface area (Å²) in [6.07, 6.45) is 8.97. The van der Waals surface area contributed by atoms with Crippen molar-refractivity contribution in [3.8, 4) is 11.1 Å². The lowest BCUT2D eigenvalue weighted by molar-refractivity contribution is 0.819. The highest BCUT2D eigenvalue weighted by molar-refractivity contribution is 5.97. The van der Waals surface area contributed by atoms with Crippen LogP contribution in [0.3, 0.4) is 0 Å². The van der Waals surface area contributed by atoms with Crippen LogP contribution >= 0.6 is 0 Å². The molecule has 0 unspecified atom stereocenters. The smallest absolute Gasteiger partial charge is 0.264 e. The van der Waals surface area contributed by atoms with Gasteiger partial charge in [-0.3, -0.25) is 19.7 Å². The van der Waals surface area contributed by atoms with Crippen molar-refractivity contribution in [1.82, 2.24) is 29.7 Å². The maximum atomic E-state index is 11.6. The van der Waals surface area contributed by atoms with Crippen molar-refractivity contribution in [2.75, 3.05) is 5.32 Å². The van der Waals surface area contributed by atoms with E-state index in [0.717, 1.165) is 38.9 Å². The SMILES string of the molecule is Cn1ccc2ccc(-c3cc(N[C@H](c4cccnc4)c4ccc(=O)[nH]n4)cc4nccnc34)cc21. The van der Waals surface area contributed by atoms with E-state index in [4.69, 9.17) is 0 Å². The van der Waals surface area contributed by atoms with Gasteiger partial charge in [-0.1, -0.05) is 18.2 Å². The Morgan fingerprint density at radius 2 is 1.89 bits per heavy atom. The molecule has 0 radical (unpaired) electrons. The summed E-state index contributed by atoms with van der Waals surface area (Å²) in [5, 5.41) is 11.6. The van der Waals surface area contributed by atoms with Gasteiger partial charge in [0.15, 0.2) is 0 Å². The summed E-state index contributed by atoms with van der Waals surface area (Å²) < 4.78 is 2.11. The minimum Gasteiger partial charge on any atom is -0.373 e. The maximum Gasteiger partial charge on any atom is 0.264 e. The molecule has 6 rings (SSSR count). The summed E-state index contributed by atoms with van der Waals surface area (Å²) in [4.78, 5) is 25.1. The van der Waals surface area contributed by atoms with Crippen molar-refractivity contribution in [3.05, 3.63) is 113 Å². The van der Waals surface area contributed by atoms with Gasteiger partial charge in [0, 0.05) is 60.9 Å². The molecule has 0 bridgehead atoms. The third-order valence-electron chi connectivity index (χ3n) is 6.10. The molecule has 1 atom stereocenters. The second kappa shape index (κ2) is 8.49. The van der Waals surface area contributed by atoms with Crippen LogP contribution in [0.2, 0.25) is 0 Å². The minimum atomic E-state index is -0.335. The molecule has 35 heavy (non-hydrogen) atoms. The first-order valence-electron chi connectivity index (χ1n) is 11.2. The molecule has 4 aromatic heterocycles. The summed E-state index contributed by atoms with van der Waals surface area (Å²) >= 11 is 0. The van der Waals surface area contributed by atoms with Gasteiger partial charge in [0.05, 0.1) is 22.8 Å². The van der Waals surface area contributed by atoms with Crippen LogP contribution in [0.4, 0.5) is 5.69 Å². The summed E-state index contributed by atoms with van der Waals surface area (Å²) in [7, 11) is 2.04. The number of fused-ring (bicyclic) bond motifs is 2. The number of aromatic amines is 1. The summed E-state index contributed by atoms with van der Waals surface area (Å²) in [5.74, 6) is 0. The molecule has 6 aromatic rings. The highest BCUT2D eigenvalue weighted by atomic mass is 16.1. The van der Waals surface area contributed by atoms with E-state index >= 15 is 0 Å². The zero-order chi connectivity index (χ0) is 23.8. The van der Waals surface area contributed by atoms with Gasteiger partial charge in [-0.25, -0.2) is 5.10 Å². The second-order valence-electron chi connectivity index (χ2n) is 8.36. The molecule has 0 aliphatic heterocycles. The third kappa shape index (κ3) is 3.91. The lowest BCUT2D eigenvalue weighted by Crippen LogP contribution is -2.17. The van der Waals surface area contributed by atoms with Crippen LogP contribution in [0, 0.1) is 0 Å². The Hall–Kier alpha value is -4.85. The Balaban J connectivity index is 1.50. The number of rotatable bonds is 5. The van der Waals surface area contributed by atoms with E-state index in [1.54, 1.807) is 30.9 Å². The lowest BCUT2D eigenvalue weighted by atomic mass is 10.00. The summed E-state index contributed by atoms with van der Waals surface area (Å²) in [6, 6.07) is 19.3. The molecule has 8 heteroatoms. The largest absolute Gasteiger partial charge is 0.373 e. The number of benzene rings is 2. The lowest BCUT2D eigenvalue weighted by Gasteiger charge is -2.20. The van der Waals surface area contributed by atoms with Gasteiger partial charge < -0.3 is 9.88 Å². The quantitative estimate of drug-likeness (QED) is 0.395. The number of nitrogens with zero attached hydrogens (tertiary/aromatic N) is 5. The standard InChI is InChI=1S/C27H21N7O/c1-34-12-8-17-4-5-18(13-24(17)34)21-14-20(15-23-27(21)30-11-10-29-23)31-26(19-3-2-9-28-16-19)22-6-7-25(35)33-32-22/h2-16,26,31H,1H3,(H,33,35)/t26-/m1/s1. The number of aromatic nitrogens is 6. The van der Waals surface area contributed by atoms with Crippen LogP contribution in [0.25, 0.3) is 33.1 Å². The van der Waals surface area contributed by atoms with Gasteiger partial charge in [0.25, 0.3) is 5.56 Å². The van der Waals surface area contributed by atoms with Crippen LogP contribution in [0.5, 0.6) is 0 Å². The number of nitrogens with one attached hydrogen (secondary N) is 2. The Labute approximate surface area is 200 Å². The molecule has 8 nitrogen and oxygen atoms in total. The first kappa shape index (κ1) is 20.7. The zero-order valence-corrected chi connectivity index (χ0v) is 18.9. The van der Waals surface area contributed by atoms with Gasteiger partial charge >= 0.3 is 0 Å². The zero-order valence-electron chi connectivity index (χ0n) is 18.9. The number of aryl methyl sites for hydroxylation is 1. The first-order valence-corrected chi connectivity index (χ1v) is 11.2. The molecule has 0 aliphatic carbocycles. The van der Waals surface area contributed by atoms with Crippen molar-refractivity contribution in [1.29, 1.82) is 0 Å². The molecule has 0 saturated heterocycles. The molecule has 0 aliphatic rings. The third-order valence-corrected chi connectivity index (χ3v) is 6.10. The number of anilines is 1. The molecule has 2 N–H and O–H groups in total. The number of pyridine rings is 1. The fourth-order valence-electron chi connectivity index (χ4n) is 4.37. The van der Waals surface area contributed by atoms with E-state index in [0.29, 0.717) is 5.69 Å². The van der Waals surface area contributed by atoms with Crippen LogP contribution in [0.1, 0.15) is 17.3 Å². The maximum absolute atomic E-state index is 11.6. The molecule has 0 fully saturated rings. The number of H-pyrrole nitrogens is 1. The van der Waals surface area contributed by atoms with Crippen LogP contribution in [-0.4, -0.2) is 29.7 Å². The van der Waals surface area contributed by atoms with E-state index in [9.17, 15) is 4.79 Å². The van der Waals surface area contributed by atoms with Crippen LogP contribution in [-0.2, 0) is 7.05 Å². The van der Waals surface area contributed by atoms with E-state index < -0.39 is 0 Å². The second-order valence-corrected chi connectivity index (χ2v) is 8.36. The molecule has 4 heterocycles. The van der Waals surface area contributed by atoms with Crippen molar-refractivity contribution in [2.45, 2.75) is 6.04 Å². The van der Waals surface area contributed by atoms with Crippen LogP contribution in [0.15, 0.2) is 96.4 Å². The monoisotopic (exact) mass is 459 g/mol. The predicted octanol–water partition coefficient (Wildman–Crippen LogP) is 4.47. The van der Waals surface area contributed by atoms with E-state index in [-0.39, 0.29) is 11.6 Å². The van der Waals surface area contributed by atoms with Crippen molar-refractivity contribution < 1.29 is 0 Å². The van der Waals surface area contributed by atoms with Gasteiger partial charge in [-0.05, 0) is 52.9 Å². The normalized spacial score (nSPS) is 12.1. The molecular formula is C27H21N7O. The van der Waals surface area contributed by atoms with Crippen molar-refractivity contribution >= 4 is 27.6 Å². The Bertz CT molecular complexity index is 1700. The fourth-order valence-corrected chi connectivity index (χ4v) is 4.37. The van der Waals surface area contributed by atoms with Gasteiger partial charge in [-0.15, -0.1) is 0 Å². The fraction of sp³-hybridized carbons (Fsp3) is 0.0741. The summed E-state index contributed by atoms with van der Waals surface area (Å²) in [5.41, 5.74) is 6.95. The van der Waals surface area contributed by atoms with E-state index in [1.807, 2.05) is 25.2 Å². The number of hydrogen-bond acceptors (Lipinski definition) is 6. The topological polar surface area (TPSA) is 101 Å². The van der Waals surface area contributed by atoms with Crippen LogP contribution < -0.4 is 10.9 Å². The Kier molecular flexibility index (Phi) is 5.03. The molecular weight excluding hydrogens is 438 g/mol. The molecule has 0 amide bonds. The minimum absolute atomic E-state index is 0.252.